The van der Waals surface area contributed by atoms with Crippen molar-refractivity contribution in [2.24, 2.45) is 0 Å². The molecule has 1 heterocycles. The van der Waals surface area contributed by atoms with E-state index in [2.05, 4.69) is 117 Å². The number of nitrogens with zero attached hydrogens (tertiary/aromatic N) is 2. The van der Waals surface area contributed by atoms with Gasteiger partial charge in [0.15, 0.2) is 0 Å². The summed E-state index contributed by atoms with van der Waals surface area (Å²) in [5, 5.41) is 34.9. The summed E-state index contributed by atoms with van der Waals surface area (Å²) in [5.74, 6) is 0.714. The van der Waals surface area contributed by atoms with Crippen molar-refractivity contribution < 1.29 is 15.3 Å². The number of hydrogen-bond acceptors (Lipinski definition) is 5. The van der Waals surface area contributed by atoms with Crippen LogP contribution in [0.25, 0.3) is 0 Å². The van der Waals surface area contributed by atoms with E-state index in [1.54, 1.807) is 6.07 Å². The first kappa shape index (κ1) is 31.6. The van der Waals surface area contributed by atoms with Crippen LogP contribution in [0.4, 0.5) is 11.4 Å². The molecule has 4 rings (SSSR count). The van der Waals surface area contributed by atoms with E-state index in [0.29, 0.717) is 13.1 Å². The van der Waals surface area contributed by atoms with Gasteiger partial charge in [-0.1, -0.05) is 113 Å². The predicted octanol–water partition coefficient (Wildman–Crippen LogP) is 9.02. The van der Waals surface area contributed by atoms with E-state index in [1.807, 2.05) is 18.2 Å². The van der Waals surface area contributed by atoms with Crippen LogP contribution in [0.1, 0.15) is 117 Å². The molecule has 1 aliphatic rings. The van der Waals surface area contributed by atoms with Gasteiger partial charge < -0.3 is 25.1 Å². The van der Waals surface area contributed by atoms with Crippen molar-refractivity contribution in [2.75, 3.05) is 22.9 Å². The van der Waals surface area contributed by atoms with E-state index in [0.717, 1.165) is 39.2 Å². The molecule has 0 atom stereocenters. The Balaban J connectivity index is 2.02. The molecule has 3 aromatic rings. The van der Waals surface area contributed by atoms with Gasteiger partial charge in [0.25, 0.3) is 0 Å². The second-order valence-corrected chi connectivity index (χ2v) is 16.1. The number of benzene rings is 3. The second kappa shape index (κ2) is 10.4. The zero-order valence-electron chi connectivity index (χ0n) is 27.8. The van der Waals surface area contributed by atoms with E-state index in [1.165, 1.54) is 0 Å². The van der Waals surface area contributed by atoms with Crippen LogP contribution in [0, 0.1) is 0 Å². The third kappa shape index (κ3) is 5.93. The first-order chi connectivity index (χ1) is 19.1. The van der Waals surface area contributed by atoms with Gasteiger partial charge in [-0.15, -0.1) is 0 Å². The minimum atomic E-state index is -0.450. The number of aromatic hydroxyl groups is 3. The SMILES string of the molecule is CC(C)(C)c1cc(N2CCN(c3cc(C(C)(C)C)cc(C(C)(C)C)c3O)C2c2ccccc2O)c(O)c(C(C)(C)C)c1. The Bertz CT molecular complexity index is 1370. The van der Waals surface area contributed by atoms with E-state index >= 15 is 0 Å². The van der Waals surface area contributed by atoms with Crippen molar-refractivity contribution in [3.63, 3.8) is 0 Å². The summed E-state index contributed by atoms with van der Waals surface area (Å²) in [7, 11) is 0. The number of phenols is 3. The van der Waals surface area contributed by atoms with E-state index < -0.39 is 6.17 Å². The first-order valence-corrected chi connectivity index (χ1v) is 15.2. The standard InChI is InChI=1S/C37H52N2O3/c1-34(2,3)23-19-26(36(7,8)9)31(41)28(21-23)38-17-18-39(33(38)25-15-13-14-16-30(25)40)29-22-24(35(4,5)6)20-27(32(29)42)37(10,11)12/h13-16,19-22,33,40-42H,17-18H2,1-12H3. The molecule has 0 aromatic heterocycles. The number of anilines is 2. The van der Waals surface area contributed by atoms with Gasteiger partial charge >= 0.3 is 0 Å². The maximum atomic E-state index is 11.8. The van der Waals surface area contributed by atoms with Gasteiger partial charge in [0, 0.05) is 29.8 Å². The third-order valence-corrected chi connectivity index (χ3v) is 8.53. The number of rotatable bonds is 3. The van der Waals surface area contributed by atoms with Crippen molar-refractivity contribution in [3.8, 4) is 17.2 Å². The molecule has 0 spiro atoms. The average molecular weight is 573 g/mol. The molecular weight excluding hydrogens is 520 g/mol. The topological polar surface area (TPSA) is 67.2 Å². The Morgan fingerprint density at radius 2 is 0.929 bits per heavy atom. The van der Waals surface area contributed by atoms with Crippen molar-refractivity contribution in [1.29, 1.82) is 0 Å². The van der Waals surface area contributed by atoms with Crippen molar-refractivity contribution >= 4 is 11.4 Å². The lowest BCUT2D eigenvalue weighted by atomic mass is 9.79. The summed E-state index contributed by atoms with van der Waals surface area (Å²) in [6.07, 6.45) is -0.450. The van der Waals surface area contributed by atoms with Gasteiger partial charge in [-0.3, -0.25) is 0 Å². The van der Waals surface area contributed by atoms with Gasteiger partial charge in [0.1, 0.15) is 23.4 Å². The van der Waals surface area contributed by atoms with Crippen molar-refractivity contribution in [2.45, 2.75) is 111 Å². The van der Waals surface area contributed by atoms with Crippen molar-refractivity contribution in [3.05, 3.63) is 76.3 Å². The molecule has 3 aromatic carbocycles. The summed E-state index contributed by atoms with van der Waals surface area (Å²) >= 11 is 0. The molecule has 228 valence electrons. The summed E-state index contributed by atoms with van der Waals surface area (Å²) in [5.41, 5.74) is 5.47. The highest BCUT2D eigenvalue weighted by Crippen LogP contribution is 2.51. The van der Waals surface area contributed by atoms with Crippen LogP contribution < -0.4 is 9.80 Å². The van der Waals surface area contributed by atoms with E-state index in [4.69, 9.17) is 0 Å². The Labute approximate surface area is 253 Å². The molecule has 0 aliphatic carbocycles. The first-order valence-electron chi connectivity index (χ1n) is 15.2. The lowest BCUT2D eigenvalue weighted by molar-refractivity contribution is 0.437. The average Bonchev–Trinajstić information content (AvgIpc) is 3.26. The monoisotopic (exact) mass is 572 g/mol. The van der Waals surface area contributed by atoms with Crippen LogP contribution in [-0.4, -0.2) is 28.4 Å². The molecule has 42 heavy (non-hydrogen) atoms. The Kier molecular flexibility index (Phi) is 7.85. The summed E-state index contributed by atoms with van der Waals surface area (Å²) in [6.45, 7) is 27.1. The predicted molar refractivity (Wildman–Crippen MR) is 177 cm³/mol. The lowest BCUT2D eigenvalue weighted by Crippen LogP contribution is -2.32. The zero-order chi connectivity index (χ0) is 31.6. The molecule has 0 saturated carbocycles. The maximum Gasteiger partial charge on any atom is 0.142 e. The molecule has 0 radical (unpaired) electrons. The van der Waals surface area contributed by atoms with Crippen molar-refractivity contribution in [1.82, 2.24) is 0 Å². The molecular formula is C37H52N2O3. The fourth-order valence-corrected chi connectivity index (χ4v) is 5.86. The third-order valence-electron chi connectivity index (χ3n) is 8.53. The quantitative estimate of drug-likeness (QED) is 0.292. The van der Waals surface area contributed by atoms with Gasteiger partial charge in [0.05, 0.1) is 11.4 Å². The lowest BCUT2D eigenvalue weighted by Gasteiger charge is -2.37. The van der Waals surface area contributed by atoms with Gasteiger partial charge in [-0.2, -0.15) is 0 Å². The Morgan fingerprint density at radius 1 is 0.548 bits per heavy atom. The van der Waals surface area contributed by atoms with Gasteiger partial charge in [0.2, 0.25) is 0 Å². The Hall–Kier alpha value is -3.34. The number of para-hydroxylation sites is 1. The minimum absolute atomic E-state index is 0.132. The number of phenolic OH excluding ortho intramolecular Hbond substituents is 3. The second-order valence-electron chi connectivity index (χ2n) is 16.1. The highest BCUT2D eigenvalue weighted by atomic mass is 16.3. The van der Waals surface area contributed by atoms with Crippen LogP contribution in [0.3, 0.4) is 0 Å². The zero-order valence-corrected chi connectivity index (χ0v) is 27.8. The molecule has 1 saturated heterocycles. The number of hydrogen-bond donors (Lipinski definition) is 3. The smallest absolute Gasteiger partial charge is 0.142 e. The van der Waals surface area contributed by atoms with Crippen LogP contribution in [0.5, 0.6) is 17.2 Å². The normalized spacial score (nSPS) is 15.5. The molecule has 5 nitrogen and oxygen atoms in total. The maximum absolute atomic E-state index is 11.8. The fourth-order valence-electron chi connectivity index (χ4n) is 5.86. The van der Waals surface area contributed by atoms with Gasteiger partial charge in [-0.25, -0.2) is 0 Å². The summed E-state index contributed by atoms with van der Waals surface area (Å²) in [4.78, 5) is 4.38. The fraction of sp³-hybridized carbons (Fsp3) is 0.514. The molecule has 1 aliphatic heterocycles. The molecule has 0 bridgehead atoms. The molecule has 0 unspecified atom stereocenters. The van der Waals surface area contributed by atoms with Crippen LogP contribution in [0.15, 0.2) is 48.5 Å². The molecule has 1 fully saturated rings. The summed E-state index contributed by atoms with van der Waals surface area (Å²) in [6, 6.07) is 15.9. The Morgan fingerprint density at radius 3 is 1.26 bits per heavy atom. The van der Waals surface area contributed by atoms with Crippen LogP contribution in [0.2, 0.25) is 0 Å². The highest BCUT2D eigenvalue weighted by Gasteiger charge is 2.40. The van der Waals surface area contributed by atoms with Gasteiger partial charge in [-0.05, 0) is 51.0 Å². The van der Waals surface area contributed by atoms with Crippen LogP contribution in [-0.2, 0) is 21.7 Å². The van der Waals surface area contributed by atoms with E-state index in [9.17, 15) is 15.3 Å². The molecule has 3 N–H and O–H groups in total. The largest absolute Gasteiger partial charge is 0.508 e. The minimum Gasteiger partial charge on any atom is -0.508 e. The van der Waals surface area contributed by atoms with E-state index in [-0.39, 0.29) is 38.9 Å². The molecule has 0 amide bonds. The highest BCUT2D eigenvalue weighted by molar-refractivity contribution is 5.72. The summed E-state index contributed by atoms with van der Waals surface area (Å²) < 4.78 is 0. The van der Waals surface area contributed by atoms with Crippen LogP contribution >= 0.6 is 0 Å². The molecule has 5 heteroatoms.